The molecule has 1 unspecified atom stereocenters. The van der Waals surface area contributed by atoms with Crippen LogP contribution in [0.4, 0.5) is 0 Å². The van der Waals surface area contributed by atoms with Crippen LogP contribution in [0.2, 0.25) is 5.02 Å². The van der Waals surface area contributed by atoms with Crippen LogP contribution in [-0.2, 0) is 4.79 Å². The van der Waals surface area contributed by atoms with E-state index in [2.05, 4.69) is 5.32 Å². The van der Waals surface area contributed by atoms with Gasteiger partial charge in [0.25, 0.3) is 0 Å². The number of benzene rings is 1. The van der Waals surface area contributed by atoms with Crippen molar-refractivity contribution in [3.05, 3.63) is 34.9 Å². The highest BCUT2D eigenvalue weighted by atomic mass is 35.5. The van der Waals surface area contributed by atoms with E-state index in [1.165, 1.54) is 0 Å². The summed E-state index contributed by atoms with van der Waals surface area (Å²) < 4.78 is 0. The minimum atomic E-state index is -0.790. The first-order valence-corrected chi connectivity index (χ1v) is 5.16. The SMILES string of the molecule is CNC(CCC(=O)O)c1ccccc1Cl. The number of aliphatic carboxylic acids is 1. The molecule has 0 aliphatic carbocycles. The quantitative estimate of drug-likeness (QED) is 0.813. The Morgan fingerprint density at radius 1 is 1.53 bits per heavy atom. The number of nitrogens with one attached hydrogen (secondary N) is 1. The second-order valence-electron chi connectivity index (χ2n) is 3.30. The Kier molecular flexibility index (Phi) is 4.59. The molecular formula is C11H14ClNO2. The molecule has 1 rings (SSSR count). The van der Waals surface area contributed by atoms with Gasteiger partial charge in [-0.15, -0.1) is 0 Å². The third-order valence-corrected chi connectivity index (χ3v) is 2.62. The average Bonchev–Trinajstić information content (AvgIpc) is 2.21. The number of hydrogen-bond acceptors (Lipinski definition) is 2. The Bertz CT molecular complexity index is 341. The number of halogens is 1. The largest absolute Gasteiger partial charge is 0.481 e. The molecule has 4 heteroatoms. The fourth-order valence-corrected chi connectivity index (χ4v) is 1.75. The summed E-state index contributed by atoms with van der Waals surface area (Å²) in [6, 6.07) is 7.46. The van der Waals surface area contributed by atoms with Gasteiger partial charge in [0.15, 0.2) is 0 Å². The summed E-state index contributed by atoms with van der Waals surface area (Å²) in [5, 5.41) is 12.3. The highest BCUT2D eigenvalue weighted by molar-refractivity contribution is 6.31. The van der Waals surface area contributed by atoms with E-state index in [4.69, 9.17) is 16.7 Å². The van der Waals surface area contributed by atoms with E-state index in [0.29, 0.717) is 11.4 Å². The molecule has 0 bridgehead atoms. The van der Waals surface area contributed by atoms with Crippen LogP contribution < -0.4 is 5.32 Å². The third kappa shape index (κ3) is 3.53. The van der Waals surface area contributed by atoms with Crippen LogP contribution in [-0.4, -0.2) is 18.1 Å². The number of hydrogen-bond donors (Lipinski definition) is 2. The lowest BCUT2D eigenvalue weighted by Crippen LogP contribution is -2.17. The number of carboxylic acids is 1. The molecule has 82 valence electrons. The van der Waals surface area contributed by atoms with Crippen LogP contribution in [0.1, 0.15) is 24.4 Å². The first-order valence-electron chi connectivity index (χ1n) is 4.78. The average molecular weight is 228 g/mol. The fraction of sp³-hybridized carbons (Fsp3) is 0.364. The molecular weight excluding hydrogens is 214 g/mol. The maximum Gasteiger partial charge on any atom is 0.303 e. The summed E-state index contributed by atoms with van der Waals surface area (Å²) in [4.78, 5) is 10.5. The molecule has 0 aliphatic heterocycles. The van der Waals surface area contributed by atoms with Crippen molar-refractivity contribution in [2.45, 2.75) is 18.9 Å². The lowest BCUT2D eigenvalue weighted by Gasteiger charge is -2.16. The van der Waals surface area contributed by atoms with Gasteiger partial charge in [-0.05, 0) is 25.1 Å². The van der Waals surface area contributed by atoms with Crippen LogP contribution in [0.3, 0.4) is 0 Å². The van der Waals surface area contributed by atoms with Crippen molar-refractivity contribution < 1.29 is 9.90 Å². The van der Waals surface area contributed by atoms with Gasteiger partial charge in [-0.2, -0.15) is 0 Å². The third-order valence-electron chi connectivity index (χ3n) is 2.28. The Morgan fingerprint density at radius 2 is 2.20 bits per heavy atom. The fourth-order valence-electron chi connectivity index (χ4n) is 1.48. The molecule has 0 aromatic heterocycles. The molecule has 0 radical (unpaired) electrons. The van der Waals surface area contributed by atoms with E-state index in [1.54, 1.807) is 7.05 Å². The first-order chi connectivity index (χ1) is 7.15. The summed E-state index contributed by atoms with van der Waals surface area (Å²) in [7, 11) is 1.80. The second kappa shape index (κ2) is 5.73. The zero-order valence-corrected chi connectivity index (χ0v) is 9.29. The predicted molar refractivity (Wildman–Crippen MR) is 60.1 cm³/mol. The Balaban J connectivity index is 2.74. The molecule has 15 heavy (non-hydrogen) atoms. The Morgan fingerprint density at radius 3 is 2.73 bits per heavy atom. The van der Waals surface area contributed by atoms with Gasteiger partial charge in [-0.1, -0.05) is 29.8 Å². The van der Waals surface area contributed by atoms with E-state index in [1.807, 2.05) is 24.3 Å². The van der Waals surface area contributed by atoms with Crippen LogP contribution in [0, 0.1) is 0 Å². The summed E-state index contributed by atoms with van der Waals surface area (Å²) in [5.41, 5.74) is 0.947. The summed E-state index contributed by atoms with van der Waals surface area (Å²) >= 11 is 6.03. The first kappa shape index (κ1) is 12.0. The van der Waals surface area contributed by atoms with Crippen LogP contribution in [0.5, 0.6) is 0 Å². The lowest BCUT2D eigenvalue weighted by molar-refractivity contribution is -0.137. The lowest BCUT2D eigenvalue weighted by atomic mass is 10.0. The van der Waals surface area contributed by atoms with Gasteiger partial charge in [0.1, 0.15) is 0 Å². The smallest absolute Gasteiger partial charge is 0.303 e. The maximum atomic E-state index is 10.5. The van der Waals surface area contributed by atoms with Crippen LogP contribution in [0.25, 0.3) is 0 Å². The molecule has 0 amide bonds. The van der Waals surface area contributed by atoms with Crippen molar-refractivity contribution >= 4 is 17.6 Å². The van der Waals surface area contributed by atoms with E-state index in [9.17, 15) is 4.79 Å². The molecule has 1 aromatic rings. The zero-order valence-electron chi connectivity index (χ0n) is 8.53. The molecule has 1 atom stereocenters. The molecule has 0 fully saturated rings. The monoisotopic (exact) mass is 227 g/mol. The second-order valence-corrected chi connectivity index (χ2v) is 3.70. The van der Waals surface area contributed by atoms with Gasteiger partial charge in [0.05, 0.1) is 0 Å². The summed E-state index contributed by atoms with van der Waals surface area (Å²) in [6.07, 6.45) is 0.673. The minimum absolute atomic E-state index is 0.00481. The van der Waals surface area contributed by atoms with Crippen molar-refractivity contribution in [2.75, 3.05) is 7.05 Å². The highest BCUT2D eigenvalue weighted by Crippen LogP contribution is 2.25. The van der Waals surface area contributed by atoms with Crippen LogP contribution >= 0.6 is 11.6 Å². The number of carbonyl (C=O) groups is 1. The van der Waals surface area contributed by atoms with Gasteiger partial charge in [-0.3, -0.25) is 4.79 Å². The van der Waals surface area contributed by atoms with Crippen molar-refractivity contribution in [3.63, 3.8) is 0 Å². The molecule has 1 aromatic carbocycles. The standard InChI is InChI=1S/C11H14ClNO2/c1-13-10(6-7-11(14)15)8-4-2-3-5-9(8)12/h2-5,10,13H,6-7H2,1H3,(H,14,15). The number of rotatable bonds is 5. The molecule has 0 heterocycles. The molecule has 0 saturated heterocycles. The molecule has 0 saturated carbocycles. The normalized spacial score (nSPS) is 12.4. The Labute approximate surface area is 94.1 Å². The minimum Gasteiger partial charge on any atom is -0.481 e. The number of carboxylic acid groups (broad SMARTS) is 1. The maximum absolute atomic E-state index is 10.5. The van der Waals surface area contributed by atoms with Gasteiger partial charge < -0.3 is 10.4 Å². The van der Waals surface area contributed by atoms with Gasteiger partial charge >= 0.3 is 5.97 Å². The van der Waals surface area contributed by atoms with E-state index in [0.717, 1.165) is 5.56 Å². The van der Waals surface area contributed by atoms with Gasteiger partial charge in [-0.25, -0.2) is 0 Å². The van der Waals surface area contributed by atoms with Crippen molar-refractivity contribution in [3.8, 4) is 0 Å². The van der Waals surface area contributed by atoms with Crippen molar-refractivity contribution in [1.29, 1.82) is 0 Å². The van der Waals surface area contributed by atoms with E-state index >= 15 is 0 Å². The zero-order chi connectivity index (χ0) is 11.3. The van der Waals surface area contributed by atoms with E-state index in [-0.39, 0.29) is 12.5 Å². The van der Waals surface area contributed by atoms with Gasteiger partial charge in [0, 0.05) is 17.5 Å². The summed E-state index contributed by atoms with van der Waals surface area (Å²) in [6.45, 7) is 0. The topological polar surface area (TPSA) is 49.3 Å². The van der Waals surface area contributed by atoms with Crippen LogP contribution in [0.15, 0.2) is 24.3 Å². The van der Waals surface area contributed by atoms with Crippen molar-refractivity contribution in [1.82, 2.24) is 5.32 Å². The molecule has 2 N–H and O–H groups in total. The molecule has 0 spiro atoms. The molecule has 3 nitrogen and oxygen atoms in total. The molecule has 0 aliphatic rings. The summed E-state index contributed by atoms with van der Waals surface area (Å²) in [5.74, 6) is -0.790. The highest BCUT2D eigenvalue weighted by Gasteiger charge is 2.13. The van der Waals surface area contributed by atoms with Crippen molar-refractivity contribution in [2.24, 2.45) is 0 Å². The van der Waals surface area contributed by atoms with E-state index < -0.39 is 5.97 Å². The Hall–Kier alpha value is -1.06. The van der Waals surface area contributed by atoms with Gasteiger partial charge in [0.2, 0.25) is 0 Å². The predicted octanol–water partition coefficient (Wildman–Crippen LogP) is 2.47.